The molecule has 0 saturated heterocycles. The van der Waals surface area contributed by atoms with Crippen LogP contribution in [0.4, 0.5) is 4.79 Å². The summed E-state index contributed by atoms with van der Waals surface area (Å²) in [5.41, 5.74) is 0. The van der Waals surface area contributed by atoms with Gasteiger partial charge in [-0.1, -0.05) is 0 Å². The highest BCUT2D eigenvalue weighted by molar-refractivity contribution is 7.99. The number of Topliss-reactive ketones (excluding diaryl/α,β-unsaturated/α-hetero) is 1. The molecule has 0 aromatic heterocycles. The van der Waals surface area contributed by atoms with Crippen molar-refractivity contribution in [3.05, 3.63) is 0 Å². The largest absolute Gasteiger partial charge is 0.453 e. The van der Waals surface area contributed by atoms with Gasteiger partial charge in [0.2, 0.25) is 0 Å². The van der Waals surface area contributed by atoms with Gasteiger partial charge in [-0.15, -0.1) is 0 Å². The van der Waals surface area contributed by atoms with Crippen LogP contribution in [0.15, 0.2) is 0 Å². The molecule has 0 aliphatic rings. The van der Waals surface area contributed by atoms with Crippen LogP contribution < -0.4 is 5.32 Å². The summed E-state index contributed by atoms with van der Waals surface area (Å²) in [7, 11) is 1.26. The molecule has 5 heteroatoms. The molecule has 0 radical (unpaired) electrons. The molecule has 0 heterocycles. The molecule has 1 amide bonds. The van der Waals surface area contributed by atoms with E-state index in [-0.39, 0.29) is 17.6 Å². The molecule has 0 aliphatic carbocycles. The number of rotatable bonds is 4. The molecule has 1 unspecified atom stereocenters. The van der Waals surface area contributed by atoms with E-state index in [1.165, 1.54) is 18.9 Å². The Balaban J connectivity index is 3.64. The van der Waals surface area contributed by atoms with Gasteiger partial charge in [0.1, 0.15) is 0 Å². The lowest BCUT2D eigenvalue weighted by atomic mass is 10.3. The summed E-state index contributed by atoms with van der Waals surface area (Å²) in [4.78, 5) is 21.6. The molecule has 0 saturated carbocycles. The highest BCUT2D eigenvalue weighted by Gasteiger charge is 2.11. The van der Waals surface area contributed by atoms with Crippen molar-refractivity contribution in [2.45, 2.75) is 12.2 Å². The average Bonchev–Trinajstić information content (AvgIpc) is 2.11. The second-order valence-electron chi connectivity index (χ2n) is 2.19. The van der Waals surface area contributed by atoms with Gasteiger partial charge in [-0.2, -0.15) is 11.8 Å². The minimum Gasteiger partial charge on any atom is -0.453 e. The van der Waals surface area contributed by atoms with Crippen molar-refractivity contribution < 1.29 is 14.3 Å². The van der Waals surface area contributed by atoms with Gasteiger partial charge < -0.3 is 10.1 Å². The van der Waals surface area contributed by atoms with Gasteiger partial charge in [-0.05, 0) is 13.2 Å². The molecule has 1 atom stereocenters. The molecule has 0 aromatic rings. The highest BCUT2D eigenvalue weighted by Crippen LogP contribution is 2.04. The standard InChI is InChI=1S/C7H13NO3S/c1-5(12-3)6(9)4-8-7(10)11-2/h5H,4H2,1-3H3,(H,8,10). The van der Waals surface area contributed by atoms with Gasteiger partial charge in [-0.3, -0.25) is 4.79 Å². The fourth-order valence-electron chi connectivity index (χ4n) is 0.507. The van der Waals surface area contributed by atoms with Crippen molar-refractivity contribution in [3.8, 4) is 0 Å². The Bertz CT molecular complexity index is 172. The van der Waals surface area contributed by atoms with Gasteiger partial charge in [0, 0.05) is 0 Å². The smallest absolute Gasteiger partial charge is 0.407 e. The number of nitrogens with one attached hydrogen (secondary N) is 1. The topological polar surface area (TPSA) is 55.4 Å². The van der Waals surface area contributed by atoms with Crippen LogP contribution in [-0.4, -0.2) is 37.0 Å². The first-order chi connectivity index (χ1) is 5.61. The van der Waals surface area contributed by atoms with E-state index >= 15 is 0 Å². The van der Waals surface area contributed by atoms with Crippen molar-refractivity contribution in [3.63, 3.8) is 0 Å². The third-order valence-electron chi connectivity index (χ3n) is 1.40. The summed E-state index contributed by atoms with van der Waals surface area (Å²) in [6.45, 7) is 1.83. The van der Waals surface area contributed by atoms with Crippen molar-refractivity contribution in [1.29, 1.82) is 0 Å². The monoisotopic (exact) mass is 191 g/mol. The Morgan fingerprint density at radius 1 is 1.58 bits per heavy atom. The number of amides is 1. The fraction of sp³-hybridized carbons (Fsp3) is 0.714. The maximum absolute atomic E-state index is 11.1. The zero-order chi connectivity index (χ0) is 9.56. The highest BCUT2D eigenvalue weighted by atomic mass is 32.2. The lowest BCUT2D eigenvalue weighted by Gasteiger charge is -2.06. The fourth-order valence-corrected chi connectivity index (χ4v) is 0.853. The van der Waals surface area contributed by atoms with E-state index in [4.69, 9.17) is 0 Å². The summed E-state index contributed by atoms with van der Waals surface area (Å²) < 4.78 is 4.30. The van der Waals surface area contributed by atoms with E-state index in [9.17, 15) is 9.59 Å². The predicted octanol–water partition coefficient (Wildman–Crippen LogP) is 0.663. The number of methoxy groups -OCH3 is 1. The van der Waals surface area contributed by atoms with E-state index in [2.05, 4.69) is 10.1 Å². The van der Waals surface area contributed by atoms with Crippen LogP contribution in [0.2, 0.25) is 0 Å². The molecule has 0 bridgehead atoms. The second kappa shape index (κ2) is 5.88. The molecule has 4 nitrogen and oxygen atoms in total. The Kier molecular flexibility index (Phi) is 5.53. The number of hydrogen-bond acceptors (Lipinski definition) is 4. The first-order valence-electron chi connectivity index (χ1n) is 3.49. The van der Waals surface area contributed by atoms with Gasteiger partial charge in [-0.25, -0.2) is 4.79 Å². The van der Waals surface area contributed by atoms with Crippen LogP contribution in [0.25, 0.3) is 0 Å². The van der Waals surface area contributed by atoms with E-state index in [0.717, 1.165) is 0 Å². The number of alkyl carbamates (subject to hydrolysis) is 1. The van der Waals surface area contributed by atoms with Crippen LogP contribution in [0.3, 0.4) is 0 Å². The van der Waals surface area contributed by atoms with Crippen LogP contribution in [0, 0.1) is 0 Å². The van der Waals surface area contributed by atoms with E-state index < -0.39 is 6.09 Å². The van der Waals surface area contributed by atoms with Crippen molar-refractivity contribution in [2.75, 3.05) is 19.9 Å². The normalized spacial score (nSPS) is 11.9. The lowest BCUT2D eigenvalue weighted by Crippen LogP contribution is -2.32. The molecule has 0 aromatic carbocycles. The summed E-state index contributed by atoms with van der Waals surface area (Å²) in [6, 6.07) is 0. The van der Waals surface area contributed by atoms with Crippen LogP contribution >= 0.6 is 11.8 Å². The number of ketones is 1. The number of ether oxygens (including phenoxy) is 1. The minimum absolute atomic E-state index is 0.00657. The number of carbonyl (C=O) groups is 2. The average molecular weight is 191 g/mol. The maximum atomic E-state index is 11.1. The maximum Gasteiger partial charge on any atom is 0.407 e. The van der Waals surface area contributed by atoms with Gasteiger partial charge >= 0.3 is 6.09 Å². The minimum atomic E-state index is -0.573. The van der Waals surface area contributed by atoms with Crippen molar-refractivity contribution >= 4 is 23.6 Å². The molecule has 0 aliphatic heterocycles. The van der Waals surface area contributed by atoms with Crippen LogP contribution in [-0.2, 0) is 9.53 Å². The summed E-state index contributed by atoms with van der Waals surface area (Å²) in [5, 5.41) is 2.24. The zero-order valence-corrected chi connectivity index (χ0v) is 8.23. The molecular weight excluding hydrogens is 178 g/mol. The van der Waals surface area contributed by atoms with Gasteiger partial charge in [0.25, 0.3) is 0 Å². The Morgan fingerprint density at radius 2 is 2.17 bits per heavy atom. The quantitative estimate of drug-likeness (QED) is 0.709. The SMILES string of the molecule is COC(=O)NCC(=O)C(C)SC. The zero-order valence-electron chi connectivity index (χ0n) is 7.42. The molecule has 1 N–H and O–H groups in total. The van der Waals surface area contributed by atoms with Crippen LogP contribution in [0.1, 0.15) is 6.92 Å². The number of carbonyl (C=O) groups excluding carboxylic acids is 2. The van der Waals surface area contributed by atoms with E-state index in [0.29, 0.717) is 0 Å². The van der Waals surface area contributed by atoms with Gasteiger partial charge in [0.05, 0.1) is 18.9 Å². The summed E-state index contributed by atoms with van der Waals surface area (Å²) in [6.07, 6.45) is 1.28. The Morgan fingerprint density at radius 3 is 2.58 bits per heavy atom. The lowest BCUT2D eigenvalue weighted by molar-refractivity contribution is -0.117. The Hall–Kier alpha value is -0.710. The molecule has 0 fully saturated rings. The molecule has 0 spiro atoms. The second-order valence-corrected chi connectivity index (χ2v) is 3.37. The Labute approximate surface area is 76.0 Å². The van der Waals surface area contributed by atoms with Crippen molar-refractivity contribution in [2.24, 2.45) is 0 Å². The first-order valence-corrected chi connectivity index (χ1v) is 4.78. The van der Waals surface area contributed by atoms with E-state index in [1.807, 2.05) is 6.26 Å². The molecule has 70 valence electrons. The number of thioether (sulfide) groups is 1. The summed E-state index contributed by atoms with van der Waals surface area (Å²) in [5.74, 6) is -0.00657. The van der Waals surface area contributed by atoms with E-state index in [1.54, 1.807) is 6.92 Å². The van der Waals surface area contributed by atoms with Crippen molar-refractivity contribution in [1.82, 2.24) is 5.32 Å². The summed E-state index contributed by atoms with van der Waals surface area (Å²) >= 11 is 1.45. The molecular formula is C7H13NO3S. The predicted molar refractivity (Wildman–Crippen MR) is 48.4 cm³/mol. The number of hydrogen-bond donors (Lipinski definition) is 1. The molecule has 0 rings (SSSR count). The third-order valence-corrected chi connectivity index (χ3v) is 2.37. The van der Waals surface area contributed by atoms with Gasteiger partial charge in [0.15, 0.2) is 5.78 Å². The molecule has 12 heavy (non-hydrogen) atoms. The first kappa shape index (κ1) is 11.3. The third kappa shape index (κ3) is 4.23. The van der Waals surface area contributed by atoms with Crippen LogP contribution in [0.5, 0.6) is 0 Å².